The van der Waals surface area contributed by atoms with Crippen LogP contribution in [0.15, 0.2) is 12.1 Å². The number of aromatic hydroxyl groups is 3. The summed E-state index contributed by atoms with van der Waals surface area (Å²) in [5.41, 5.74) is 0.537. The fourth-order valence-electron chi connectivity index (χ4n) is 0.670. The van der Waals surface area contributed by atoms with Crippen LogP contribution < -0.4 is 0 Å². The lowest BCUT2D eigenvalue weighted by molar-refractivity contribution is -0.135. The molecule has 22 heavy (non-hydrogen) atoms. The fourth-order valence-corrected chi connectivity index (χ4v) is 0.670. The first-order valence-electron chi connectivity index (χ1n) is 5.61. The van der Waals surface area contributed by atoms with Crippen molar-refractivity contribution in [1.29, 1.82) is 0 Å². The summed E-state index contributed by atoms with van der Waals surface area (Å²) in [7, 11) is 0. The minimum absolute atomic E-state index is 0.0182. The fraction of sp³-hybridized carbons (Fsp3) is 0.308. The second-order valence-electron chi connectivity index (χ2n) is 3.68. The van der Waals surface area contributed by atoms with E-state index in [9.17, 15) is 0 Å². The Bertz CT molecular complexity index is 404. The lowest BCUT2D eigenvalue weighted by Crippen LogP contribution is -1.78. The molecule has 0 saturated carbocycles. The molecule has 0 spiro atoms. The molecule has 0 aromatic heterocycles. The highest BCUT2D eigenvalue weighted by Gasteiger charge is 2.02. The molecule has 0 aliphatic heterocycles. The molecule has 0 bridgehead atoms. The van der Waals surface area contributed by atoms with Crippen LogP contribution in [0.3, 0.4) is 0 Å². The summed E-state index contributed by atoms with van der Waals surface area (Å²) in [6, 6.07) is 2.40. The van der Waals surface area contributed by atoms with Crippen LogP contribution in [-0.4, -0.2) is 48.5 Å². The number of hydrogen-bond donors (Lipinski definition) is 6. The number of aliphatic carboxylic acids is 3. The molecular formula is C13H20O9. The van der Waals surface area contributed by atoms with Crippen molar-refractivity contribution in [1.82, 2.24) is 0 Å². The van der Waals surface area contributed by atoms with Gasteiger partial charge in [0, 0.05) is 26.8 Å². The summed E-state index contributed by atoms with van der Waals surface area (Å²) in [6.07, 6.45) is 0. The van der Waals surface area contributed by atoms with Crippen LogP contribution in [0, 0.1) is 6.92 Å². The molecule has 0 fully saturated rings. The van der Waals surface area contributed by atoms with Crippen molar-refractivity contribution < 1.29 is 45.0 Å². The van der Waals surface area contributed by atoms with E-state index in [4.69, 9.17) is 45.0 Å². The van der Waals surface area contributed by atoms with Crippen molar-refractivity contribution in [3.63, 3.8) is 0 Å². The molecular weight excluding hydrogens is 300 g/mol. The second kappa shape index (κ2) is 13.0. The minimum Gasteiger partial charge on any atom is -0.508 e. The van der Waals surface area contributed by atoms with Gasteiger partial charge in [-0.25, -0.2) is 0 Å². The molecule has 0 atom stereocenters. The molecule has 6 N–H and O–H groups in total. The third-order valence-electron chi connectivity index (χ3n) is 1.29. The third-order valence-corrected chi connectivity index (χ3v) is 1.29. The molecule has 126 valence electrons. The first-order chi connectivity index (χ1) is 9.81. The number of aryl methyl sites for hydroxylation is 1. The van der Waals surface area contributed by atoms with E-state index in [1.807, 2.05) is 0 Å². The minimum atomic E-state index is -0.833. The van der Waals surface area contributed by atoms with E-state index in [0.717, 1.165) is 26.8 Å². The molecule has 0 aliphatic rings. The third kappa shape index (κ3) is 25.8. The molecule has 0 unspecified atom stereocenters. The number of carboxylic acids is 3. The van der Waals surface area contributed by atoms with Gasteiger partial charge in [0.2, 0.25) is 0 Å². The number of benzene rings is 1. The number of phenols is 3. The van der Waals surface area contributed by atoms with E-state index in [1.54, 1.807) is 6.92 Å². The van der Waals surface area contributed by atoms with Crippen LogP contribution in [0.4, 0.5) is 0 Å². The molecule has 0 heterocycles. The first-order valence-corrected chi connectivity index (χ1v) is 5.61. The predicted molar refractivity (Wildman–Crippen MR) is 76.1 cm³/mol. The standard InChI is InChI=1S/C7H8O3.3C2H4O2/c1-4-2-6(9)7(10)3-5(4)8;3*1-2(3)4/h2-3,8-10H,1H3;3*1H3,(H,3,4). The van der Waals surface area contributed by atoms with E-state index < -0.39 is 17.9 Å². The Kier molecular flexibility index (Phi) is 14.3. The van der Waals surface area contributed by atoms with Crippen molar-refractivity contribution in [3.8, 4) is 17.2 Å². The SMILES string of the molecule is CC(=O)O.CC(=O)O.CC(=O)O.Cc1cc(O)c(O)cc1O. The highest BCUT2D eigenvalue weighted by atomic mass is 16.4. The van der Waals surface area contributed by atoms with Crippen molar-refractivity contribution in [2.24, 2.45) is 0 Å². The first kappa shape index (κ1) is 24.1. The van der Waals surface area contributed by atoms with E-state index >= 15 is 0 Å². The summed E-state index contributed by atoms with van der Waals surface area (Å²) in [5.74, 6) is -3.03. The lowest BCUT2D eigenvalue weighted by Gasteiger charge is -2.00. The molecule has 1 aromatic rings. The zero-order valence-corrected chi connectivity index (χ0v) is 12.6. The van der Waals surface area contributed by atoms with Gasteiger partial charge in [-0.2, -0.15) is 0 Å². The van der Waals surface area contributed by atoms with Crippen LogP contribution in [0.2, 0.25) is 0 Å². The number of rotatable bonds is 0. The van der Waals surface area contributed by atoms with E-state index in [1.165, 1.54) is 6.07 Å². The maximum absolute atomic E-state index is 9.00. The Morgan fingerprint density at radius 3 is 1.14 bits per heavy atom. The average molecular weight is 320 g/mol. The van der Waals surface area contributed by atoms with Crippen LogP contribution in [0.1, 0.15) is 26.3 Å². The Labute approximate surface area is 126 Å². The number of hydrogen-bond acceptors (Lipinski definition) is 6. The van der Waals surface area contributed by atoms with Crippen LogP contribution in [0.25, 0.3) is 0 Å². The van der Waals surface area contributed by atoms with Gasteiger partial charge in [-0.15, -0.1) is 0 Å². The van der Waals surface area contributed by atoms with Gasteiger partial charge < -0.3 is 30.6 Å². The second-order valence-corrected chi connectivity index (χ2v) is 3.68. The van der Waals surface area contributed by atoms with Gasteiger partial charge in [0.25, 0.3) is 17.9 Å². The van der Waals surface area contributed by atoms with Gasteiger partial charge >= 0.3 is 0 Å². The van der Waals surface area contributed by atoms with Crippen LogP contribution >= 0.6 is 0 Å². The Balaban J connectivity index is -0.000000253. The summed E-state index contributed by atoms with van der Waals surface area (Å²) >= 11 is 0. The van der Waals surface area contributed by atoms with Gasteiger partial charge in [0.05, 0.1) is 0 Å². The van der Waals surface area contributed by atoms with Gasteiger partial charge in [-0.3, -0.25) is 14.4 Å². The van der Waals surface area contributed by atoms with Crippen molar-refractivity contribution >= 4 is 17.9 Å². The normalized spacial score (nSPS) is 7.82. The van der Waals surface area contributed by atoms with Crippen molar-refractivity contribution in [2.75, 3.05) is 0 Å². The number of carbonyl (C=O) groups is 3. The van der Waals surface area contributed by atoms with Gasteiger partial charge in [-0.1, -0.05) is 0 Å². The van der Waals surface area contributed by atoms with Gasteiger partial charge in [0.1, 0.15) is 5.75 Å². The van der Waals surface area contributed by atoms with Crippen molar-refractivity contribution in [3.05, 3.63) is 17.7 Å². The van der Waals surface area contributed by atoms with Gasteiger partial charge in [0.15, 0.2) is 11.5 Å². The summed E-state index contributed by atoms with van der Waals surface area (Å²) in [5, 5.41) is 48.9. The highest BCUT2D eigenvalue weighted by molar-refractivity contribution is 5.63. The molecule has 1 aromatic carbocycles. The Hall–Kier alpha value is -2.97. The highest BCUT2D eigenvalue weighted by Crippen LogP contribution is 2.31. The van der Waals surface area contributed by atoms with Gasteiger partial charge in [-0.05, 0) is 18.6 Å². The zero-order valence-electron chi connectivity index (χ0n) is 12.6. The molecule has 0 amide bonds. The summed E-state index contributed by atoms with van der Waals surface area (Å²) in [4.78, 5) is 27.0. The molecule has 0 saturated heterocycles. The molecule has 9 nitrogen and oxygen atoms in total. The van der Waals surface area contributed by atoms with E-state index in [-0.39, 0.29) is 17.2 Å². The Morgan fingerprint density at radius 2 is 0.909 bits per heavy atom. The number of phenolic OH excluding ortho intramolecular Hbond substituents is 3. The quantitative estimate of drug-likeness (QED) is 0.305. The zero-order chi connectivity index (χ0) is 18.5. The predicted octanol–water partition coefficient (Wildman–Crippen LogP) is 1.38. The molecule has 1 rings (SSSR count). The largest absolute Gasteiger partial charge is 0.508 e. The van der Waals surface area contributed by atoms with E-state index in [0.29, 0.717) is 5.56 Å². The van der Waals surface area contributed by atoms with E-state index in [2.05, 4.69) is 0 Å². The lowest BCUT2D eigenvalue weighted by atomic mass is 10.2. The monoisotopic (exact) mass is 320 g/mol. The maximum Gasteiger partial charge on any atom is 0.300 e. The molecule has 0 aliphatic carbocycles. The Morgan fingerprint density at radius 1 is 0.682 bits per heavy atom. The molecule has 9 heteroatoms. The van der Waals surface area contributed by atoms with Crippen LogP contribution in [0.5, 0.6) is 17.2 Å². The van der Waals surface area contributed by atoms with Crippen molar-refractivity contribution in [2.45, 2.75) is 27.7 Å². The number of carboxylic acid groups (broad SMARTS) is 3. The smallest absolute Gasteiger partial charge is 0.300 e. The maximum atomic E-state index is 9.00. The summed E-state index contributed by atoms with van der Waals surface area (Å²) < 4.78 is 0. The topological polar surface area (TPSA) is 173 Å². The van der Waals surface area contributed by atoms with Crippen LogP contribution in [-0.2, 0) is 14.4 Å². The molecule has 0 radical (unpaired) electrons. The average Bonchev–Trinajstić information content (AvgIpc) is 2.24. The summed E-state index contributed by atoms with van der Waals surface area (Å²) in [6.45, 7) is 4.88.